The lowest BCUT2D eigenvalue weighted by atomic mass is 10.0. The summed E-state index contributed by atoms with van der Waals surface area (Å²) in [6, 6.07) is 11.5. The van der Waals surface area contributed by atoms with Gasteiger partial charge in [-0.2, -0.15) is 0 Å². The van der Waals surface area contributed by atoms with Crippen molar-refractivity contribution in [3.63, 3.8) is 0 Å². The number of thiophene rings is 1. The Kier molecular flexibility index (Phi) is 4.93. The number of hydrogen-bond donors (Lipinski definition) is 0. The molecule has 3 aromatic rings. The van der Waals surface area contributed by atoms with Crippen molar-refractivity contribution in [3.8, 4) is 10.6 Å². The first kappa shape index (κ1) is 18.4. The molecule has 2 aromatic heterocycles. The SMILES string of the molecule is Cc1ccc(-c2cc(C(=O)N3C[C@@H](C)O[C@@H](C)C3)c3cc(Cl)ccc3n2)s1. The number of carbonyl (C=O) groups is 1. The summed E-state index contributed by atoms with van der Waals surface area (Å²) in [5, 5.41) is 1.39. The highest BCUT2D eigenvalue weighted by Crippen LogP contribution is 2.31. The van der Waals surface area contributed by atoms with Crippen LogP contribution in [0.5, 0.6) is 0 Å². The van der Waals surface area contributed by atoms with Crippen LogP contribution >= 0.6 is 22.9 Å². The minimum atomic E-state index is 0.00111. The van der Waals surface area contributed by atoms with Crippen LogP contribution in [-0.2, 0) is 4.74 Å². The molecule has 6 heteroatoms. The first-order chi connectivity index (χ1) is 12.9. The normalized spacial score (nSPS) is 20.2. The summed E-state index contributed by atoms with van der Waals surface area (Å²) in [6.45, 7) is 7.23. The summed E-state index contributed by atoms with van der Waals surface area (Å²) < 4.78 is 5.78. The Balaban J connectivity index is 1.84. The summed E-state index contributed by atoms with van der Waals surface area (Å²) >= 11 is 7.89. The molecule has 4 nitrogen and oxygen atoms in total. The van der Waals surface area contributed by atoms with Crippen LogP contribution in [0.3, 0.4) is 0 Å². The molecule has 0 spiro atoms. The third-order valence-electron chi connectivity index (χ3n) is 4.70. The van der Waals surface area contributed by atoms with Gasteiger partial charge in [-0.15, -0.1) is 11.3 Å². The molecule has 0 N–H and O–H groups in total. The zero-order valence-corrected chi connectivity index (χ0v) is 17.1. The second kappa shape index (κ2) is 7.23. The van der Waals surface area contributed by atoms with Crippen molar-refractivity contribution in [2.75, 3.05) is 13.1 Å². The average Bonchev–Trinajstić information content (AvgIpc) is 3.06. The Labute approximate surface area is 167 Å². The molecule has 0 aliphatic carbocycles. The highest BCUT2D eigenvalue weighted by molar-refractivity contribution is 7.15. The second-order valence-electron chi connectivity index (χ2n) is 7.09. The molecular weight excluding hydrogens is 380 g/mol. The first-order valence-corrected chi connectivity index (χ1v) is 10.2. The molecule has 1 aliphatic heterocycles. The number of benzene rings is 1. The lowest BCUT2D eigenvalue weighted by Crippen LogP contribution is -2.48. The number of carbonyl (C=O) groups excluding carboxylic acids is 1. The number of halogens is 1. The van der Waals surface area contributed by atoms with E-state index in [0.29, 0.717) is 23.7 Å². The molecule has 0 radical (unpaired) electrons. The van der Waals surface area contributed by atoms with Gasteiger partial charge in [0.2, 0.25) is 0 Å². The molecule has 1 aliphatic rings. The van der Waals surface area contributed by atoms with Crippen molar-refractivity contribution >= 4 is 39.7 Å². The van der Waals surface area contributed by atoms with Crippen LogP contribution in [0.4, 0.5) is 0 Å². The van der Waals surface area contributed by atoms with Crippen LogP contribution in [0.15, 0.2) is 36.4 Å². The summed E-state index contributed by atoms with van der Waals surface area (Å²) in [5.74, 6) is 0.00111. The Morgan fingerprint density at radius 3 is 2.59 bits per heavy atom. The van der Waals surface area contributed by atoms with E-state index >= 15 is 0 Å². The molecule has 0 bridgehead atoms. The molecule has 1 aromatic carbocycles. The second-order valence-corrected chi connectivity index (χ2v) is 8.82. The molecule has 4 rings (SSSR count). The number of amides is 1. The predicted octanol–water partition coefficient (Wildman–Crippen LogP) is 5.17. The van der Waals surface area contributed by atoms with Crippen molar-refractivity contribution < 1.29 is 9.53 Å². The summed E-state index contributed by atoms with van der Waals surface area (Å²) in [6.07, 6.45) is 0.0441. The molecular formula is C21H21ClN2O2S. The highest BCUT2D eigenvalue weighted by atomic mass is 35.5. The monoisotopic (exact) mass is 400 g/mol. The summed E-state index contributed by atoms with van der Waals surface area (Å²) in [7, 11) is 0. The maximum atomic E-state index is 13.4. The van der Waals surface area contributed by atoms with Gasteiger partial charge in [-0.3, -0.25) is 4.79 Å². The van der Waals surface area contributed by atoms with E-state index in [1.54, 1.807) is 11.3 Å². The highest BCUT2D eigenvalue weighted by Gasteiger charge is 2.28. The number of pyridine rings is 1. The Bertz CT molecular complexity index is 1010. The minimum absolute atomic E-state index is 0.00111. The van der Waals surface area contributed by atoms with E-state index < -0.39 is 0 Å². The van der Waals surface area contributed by atoms with E-state index in [9.17, 15) is 4.79 Å². The van der Waals surface area contributed by atoms with E-state index in [1.165, 1.54) is 4.88 Å². The van der Waals surface area contributed by atoms with Crippen molar-refractivity contribution in [1.29, 1.82) is 0 Å². The lowest BCUT2D eigenvalue weighted by Gasteiger charge is -2.35. The van der Waals surface area contributed by atoms with E-state index in [2.05, 4.69) is 19.1 Å². The van der Waals surface area contributed by atoms with Gasteiger partial charge >= 0.3 is 0 Å². The topological polar surface area (TPSA) is 42.4 Å². The molecule has 1 amide bonds. The van der Waals surface area contributed by atoms with Crippen molar-refractivity contribution in [3.05, 3.63) is 51.9 Å². The average molecular weight is 401 g/mol. The Morgan fingerprint density at radius 1 is 1.19 bits per heavy atom. The van der Waals surface area contributed by atoms with Gasteiger partial charge < -0.3 is 9.64 Å². The minimum Gasteiger partial charge on any atom is -0.372 e. The fourth-order valence-electron chi connectivity index (χ4n) is 3.59. The lowest BCUT2D eigenvalue weighted by molar-refractivity contribution is -0.0585. The standard InChI is InChI=1S/C21H21ClN2O2S/c1-12-10-24(11-13(2)26-12)21(25)17-9-19(20-7-4-14(3)27-20)23-18-6-5-15(22)8-16(17)18/h4-9,12-13H,10-11H2,1-3H3/t12-,13+. The third kappa shape index (κ3) is 3.72. The van der Waals surface area contributed by atoms with Crippen LogP contribution in [0.1, 0.15) is 29.1 Å². The van der Waals surface area contributed by atoms with Crippen molar-refractivity contribution in [2.45, 2.75) is 33.0 Å². The molecule has 140 valence electrons. The number of aromatic nitrogens is 1. The number of rotatable bonds is 2. The maximum absolute atomic E-state index is 13.4. The number of fused-ring (bicyclic) bond motifs is 1. The number of nitrogens with zero attached hydrogens (tertiary/aromatic N) is 2. The van der Waals surface area contributed by atoms with Crippen LogP contribution in [-0.4, -0.2) is 41.1 Å². The first-order valence-electron chi connectivity index (χ1n) is 9.02. The molecule has 3 heterocycles. The van der Waals surface area contributed by atoms with E-state index in [0.717, 1.165) is 21.5 Å². The third-order valence-corrected chi connectivity index (χ3v) is 5.96. The number of aryl methyl sites for hydroxylation is 1. The van der Waals surface area contributed by atoms with Crippen LogP contribution in [0, 0.1) is 6.92 Å². The van der Waals surface area contributed by atoms with Gasteiger partial charge in [0.25, 0.3) is 5.91 Å². The molecule has 1 saturated heterocycles. The Hall–Kier alpha value is -1.95. The summed E-state index contributed by atoms with van der Waals surface area (Å²) in [5.41, 5.74) is 2.24. The van der Waals surface area contributed by atoms with Crippen molar-refractivity contribution in [2.24, 2.45) is 0 Å². The van der Waals surface area contributed by atoms with Gasteiger partial charge in [-0.25, -0.2) is 4.98 Å². The molecule has 0 unspecified atom stereocenters. The molecule has 1 fully saturated rings. The number of ether oxygens (including phenoxy) is 1. The van der Waals surface area contributed by atoms with Crippen molar-refractivity contribution in [1.82, 2.24) is 9.88 Å². The van der Waals surface area contributed by atoms with E-state index in [1.807, 2.05) is 43.0 Å². The largest absolute Gasteiger partial charge is 0.372 e. The van der Waals surface area contributed by atoms with Gasteiger partial charge in [0.1, 0.15) is 0 Å². The van der Waals surface area contributed by atoms with Gasteiger partial charge in [-0.1, -0.05) is 11.6 Å². The van der Waals surface area contributed by atoms with Crippen LogP contribution in [0.2, 0.25) is 5.02 Å². The molecule has 2 atom stereocenters. The van der Waals surface area contributed by atoms with Crippen LogP contribution < -0.4 is 0 Å². The van der Waals surface area contributed by atoms with E-state index in [4.69, 9.17) is 21.3 Å². The van der Waals surface area contributed by atoms with Gasteiger partial charge in [-0.05, 0) is 57.2 Å². The fourth-order valence-corrected chi connectivity index (χ4v) is 4.59. The van der Waals surface area contributed by atoms with E-state index in [-0.39, 0.29) is 18.1 Å². The molecule has 0 saturated carbocycles. The summed E-state index contributed by atoms with van der Waals surface area (Å²) in [4.78, 5) is 22.3. The van der Waals surface area contributed by atoms with Gasteiger partial charge in [0.05, 0.1) is 33.9 Å². The number of hydrogen-bond acceptors (Lipinski definition) is 4. The Morgan fingerprint density at radius 2 is 1.93 bits per heavy atom. The molecule has 27 heavy (non-hydrogen) atoms. The predicted molar refractivity (Wildman–Crippen MR) is 111 cm³/mol. The van der Waals surface area contributed by atoms with Gasteiger partial charge in [0.15, 0.2) is 0 Å². The fraction of sp³-hybridized carbons (Fsp3) is 0.333. The smallest absolute Gasteiger partial charge is 0.254 e. The zero-order chi connectivity index (χ0) is 19.1. The van der Waals surface area contributed by atoms with Gasteiger partial charge in [0, 0.05) is 28.4 Å². The zero-order valence-electron chi connectivity index (χ0n) is 15.5. The quantitative estimate of drug-likeness (QED) is 0.595. The van der Waals surface area contributed by atoms with Crippen LogP contribution in [0.25, 0.3) is 21.5 Å². The maximum Gasteiger partial charge on any atom is 0.254 e. The number of morpholine rings is 1.